The van der Waals surface area contributed by atoms with E-state index in [9.17, 15) is 9.59 Å². The van der Waals surface area contributed by atoms with Crippen LogP contribution in [0.4, 0.5) is 10.8 Å². The molecule has 0 unspecified atom stereocenters. The number of rotatable bonds is 6. The number of amides is 1. The minimum atomic E-state index is -0.414. The van der Waals surface area contributed by atoms with Gasteiger partial charge < -0.3 is 9.47 Å². The topological polar surface area (TPSA) is 68.7 Å². The third kappa shape index (κ3) is 4.37. The maximum atomic E-state index is 12.3. The zero-order valence-electron chi connectivity index (χ0n) is 15.8. The summed E-state index contributed by atoms with van der Waals surface area (Å²) in [6, 6.07) is 14.4. The lowest BCUT2D eigenvalue weighted by atomic mass is 10.1. The molecule has 0 N–H and O–H groups in total. The smallest absolute Gasteiger partial charge is 0.338 e. The Balaban J connectivity index is 1.75. The molecule has 7 heteroatoms. The van der Waals surface area contributed by atoms with Crippen molar-refractivity contribution in [3.63, 3.8) is 0 Å². The number of carbonyl (C=O) groups is 2. The molecule has 0 bridgehead atoms. The Labute approximate surface area is 167 Å². The number of benzene rings is 2. The van der Waals surface area contributed by atoms with Gasteiger partial charge in [0.25, 0.3) is 0 Å². The molecule has 0 aliphatic heterocycles. The second-order valence-electron chi connectivity index (χ2n) is 6.09. The normalized spacial score (nSPS) is 10.4. The number of hydrogen-bond donors (Lipinski definition) is 0. The van der Waals surface area contributed by atoms with Crippen molar-refractivity contribution in [1.29, 1.82) is 0 Å². The molecule has 0 aliphatic rings. The molecule has 0 saturated carbocycles. The minimum Gasteiger partial charge on any atom is -0.495 e. The maximum absolute atomic E-state index is 12.3. The molecule has 1 heterocycles. The van der Waals surface area contributed by atoms with Crippen LogP contribution in [0.5, 0.6) is 5.75 Å². The first-order valence-electron chi connectivity index (χ1n) is 8.61. The van der Waals surface area contributed by atoms with Gasteiger partial charge in [0.1, 0.15) is 12.4 Å². The molecule has 0 saturated heterocycles. The molecule has 6 nitrogen and oxygen atoms in total. The van der Waals surface area contributed by atoms with Crippen LogP contribution >= 0.6 is 11.3 Å². The van der Waals surface area contributed by atoms with Crippen LogP contribution in [0, 0.1) is 6.92 Å². The summed E-state index contributed by atoms with van der Waals surface area (Å²) in [5.74, 6) is -0.0370. The van der Waals surface area contributed by atoms with Gasteiger partial charge in [-0.3, -0.25) is 9.69 Å². The molecule has 2 aromatic carbocycles. The molecular weight excluding hydrogens is 376 g/mol. The van der Waals surface area contributed by atoms with Crippen LogP contribution in [-0.4, -0.2) is 24.0 Å². The van der Waals surface area contributed by atoms with Crippen LogP contribution in [0.2, 0.25) is 0 Å². The van der Waals surface area contributed by atoms with Crippen molar-refractivity contribution in [1.82, 2.24) is 4.98 Å². The highest BCUT2D eigenvalue weighted by molar-refractivity contribution is 7.14. The van der Waals surface area contributed by atoms with E-state index in [0.717, 1.165) is 5.56 Å². The first kappa shape index (κ1) is 19.6. The number of ether oxygens (including phenoxy) is 2. The Morgan fingerprint density at radius 2 is 1.82 bits per heavy atom. The first-order chi connectivity index (χ1) is 13.5. The van der Waals surface area contributed by atoms with Crippen molar-refractivity contribution < 1.29 is 19.1 Å². The van der Waals surface area contributed by atoms with Gasteiger partial charge in [0.15, 0.2) is 5.13 Å². The molecule has 3 aromatic rings. The summed E-state index contributed by atoms with van der Waals surface area (Å²) in [5, 5.41) is 2.25. The number of methoxy groups -OCH3 is 1. The van der Waals surface area contributed by atoms with E-state index in [2.05, 4.69) is 4.98 Å². The highest BCUT2D eigenvalue weighted by atomic mass is 32.1. The number of hydrogen-bond acceptors (Lipinski definition) is 6. The van der Waals surface area contributed by atoms with Gasteiger partial charge in [-0.1, -0.05) is 29.8 Å². The highest BCUT2D eigenvalue weighted by Crippen LogP contribution is 2.35. The number of aromatic nitrogens is 1. The number of esters is 1. The predicted octanol–water partition coefficient (Wildman–Crippen LogP) is 4.50. The molecule has 1 amide bonds. The molecular formula is C21H20N2O4S. The Morgan fingerprint density at radius 3 is 2.50 bits per heavy atom. The Hall–Kier alpha value is -3.19. The molecule has 144 valence electrons. The second-order valence-corrected chi connectivity index (χ2v) is 6.93. The van der Waals surface area contributed by atoms with Crippen molar-refractivity contribution in [2.75, 3.05) is 12.0 Å². The predicted molar refractivity (Wildman–Crippen MR) is 108 cm³/mol. The number of anilines is 2. The van der Waals surface area contributed by atoms with Crippen molar-refractivity contribution in [3.8, 4) is 5.75 Å². The number of nitrogens with zero attached hydrogens (tertiary/aromatic N) is 2. The van der Waals surface area contributed by atoms with Crippen LogP contribution in [-0.2, 0) is 16.1 Å². The molecule has 0 radical (unpaired) electrons. The van der Waals surface area contributed by atoms with Crippen molar-refractivity contribution in [2.45, 2.75) is 20.5 Å². The van der Waals surface area contributed by atoms with Gasteiger partial charge in [0.05, 0.1) is 24.1 Å². The Morgan fingerprint density at radius 1 is 1.11 bits per heavy atom. The molecule has 0 aliphatic carbocycles. The average molecular weight is 396 g/mol. The molecule has 28 heavy (non-hydrogen) atoms. The van der Waals surface area contributed by atoms with Crippen molar-refractivity contribution >= 4 is 34.0 Å². The molecule has 3 rings (SSSR count). The van der Waals surface area contributed by atoms with Gasteiger partial charge in [0.2, 0.25) is 5.91 Å². The lowest BCUT2D eigenvalue weighted by Crippen LogP contribution is -2.23. The standard InChI is InChI=1S/C21H20N2O4S/c1-14-8-10-16(11-9-14)20(25)27-12-17-13-28-21(22-17)23(15(2)24)18-6-4-5-7-19(18)26-3/h4-11,13H,12H2,1-3H3. The monoisotopic (exact) mass is 396 g/mol. The number of para-hydroxylation sites is 2. The fourth-order valence-corrected chi connectivity index (χ4v) is 3.46. The van der Waals surface area contributed by atoms with Crippen LogP contribution in [0.3, 0.4) is 0 Å². The summed E-state index contributed by atoms with van der Waals surface area (Å²) in [7, 11) is 1.55. The SMILES string of the molecule is COc1ccccc1N(C(C)=O)c1nc(COC(=O)c2ccc(C)cc2)cs1. The molecule has 1 aromatic heterocycles. The molecule has 0 spiro atoms. The van der Waals surface area contributed by atoms with E-state index in [1.807, 2.05) is 31.2 Å². The Kier molecular flexibility index (Phi) is 6.06. The summed E-state index contributed by atoms with van der Waals surface area (Å²) in [4.78, 5) is 30.3. The first-order valence-corrected chi connectivity index (χ1v) is 9.49. The van der Waals surface area contributed by atoms with Crippen molar-refractivity contribution in [2.24, 2.45) is 0 Å². The zero-order valence-corrected chi connectivity index (χ0v) is 16.7. The molecule has 0 atom stereocenters. The second kappa shape index (κ2) is 8.67. The minimum absolute atomic E-state index is 0.0286. The van der Waals surface area contributed by atoms with Crippen LogP contribution < -0.4 is 9.64 Å². The van der Waals surface area contributed by atoms with Crippen molar-refractivity contribution in [3.05, 3.63) is 70.7 Å². The van der Waals surface area contributed by atoms with E-state index in [1.54, 1.807) is 36.8 Å². The summed E-state index contributed by atoms with van der Waals surface area (Å²) in [6.45, 7) is 3.44. The summed E-state index contributed by atoms with van der Waals surface area (Å²) >= 11 is 1.30. The average Bonchev–Trinajstić information content (AvgIpc) is 3.15. The number of aryl methyl sites for hydroxylation is 1. The van der Waals surface area contributed by atoms with E-state index in [4.69, 9.17) is 9.47 Å². The summed E-state index contributed by atoms with van der Waals surface area (Å²) in [5.41, 5.74) is 2.73. The summed E-state index contributed by atoms with van der Waals surface area (Å²) < 4.78 is 10.7. The number of carbonyl (C=O) groups excluding carboxylic acids is 2. The van der Waals surface area contributed by atoms with Crippen LogP contribution in [0.25, 0.3) is 0 Å². The van der Waals surface area contributed by atoms with E-state index in [1.165, 1.54) is 23.2 Å². The zero-order chi connectivity index (χ0) is 20.1. The fourth-order valence-electron chi connectivity index (χ4n) is 2.60. The Bertz CT molecular complexity index is 982. The van der Waals surface area contributed by atoms with Gasteiger partial charge >= 0.3 is 5.97 Å². The maximum Gasteiger partial charge on any atom is 0.338 e. The fraction of sp³-hybridized carbons (Fsp3) is 0.190. The third-order valence-electron chi connectivity index (χ3n) is 4.01. The van der Waals surface area contributed by atoms with Gasteiger partial charge in [-0.25, -0.2) is 9.78 Å². The largest absolute Gasteiger partial charge is 0.495 e. The van der Waals surface area contributed by atoms with Crippen LogP contribution in [0.15, 0.2) is 53.9 Å². The highest BCUT2D eigenvalue weighted by Gasteiger charge is 2.21. The van der Waals surface area contributed by atoms with E-state index in [-0.39, 0.29) is 12.5 Å². The number of thiazole rings is 1. The van der Waals surface area contributed by atoms with E-state index >= 15 is 0 Å². The van der Waals surface area contributed by atoms with Gasteiger partial charge in [0, 0.05) is 12.3 Å². The molecule has 0 fully saturated rings. The van der Waals surface area contributed by atoms with E-state index < -0.39 is 5.97 Å². The van der Waals surface area contributed by atoms with Crippen LogP contribution in [0.1, 0.15) is 28.5 Å². The van der Waals surface area contributed by atoms with E-state index in [0.29, 0.717) is 27.8 Å². The van der Waals surface area contributed by atoms with Gasteiger partial charge in [-0.15, -0.1) is 11.3 Å². The summed E-state index contributed by atoms with van der Waals surface area (Å²) in [6.07, 6.45) is 0. The quantitative estimate of drug-likeness (QED) is 0.574. The van der Waals surface area contributed by atoms with Gasteiger partial charge in [-0.2, -0.15) is 0 Å². The third-order valence-corrected chi connectivity index (χ3v) is 4.88. The lowest BCUT2D eigenvalue weighted by Gasteiger charge is -2.20. The van der Waals surface area contributed by atoms with Gasteiger partial charge in [-0.05, 0) is 31.2 Å². The lowest BCUT2D eigenvalue weighted by molar-refractivity contribution is -0.115.